The summed E-state index contributed by atoms with van der Waals surface area (Å²) in [6.45, 7) is 3.33. The van der Waals surface area contributed by atoms with Gasteiger partial charge in [-0.2, -0.15) is 4.72 Å². The van der Waals surface area contributed by atoms with Crippen molar-refractivity contribution in [2.24, 2.45) is 0 Å². The van der Waals surface area contributed by atoms with Gasteiger partial charge < -0.3 is 5.32 Å². The number of hydrogen-bond donors (Lipinski definition) is 2. The molecule has 0 bridgehead atoms. The number of sulfonamides is 1. The summed E-state index contributed by atoms with van der Waals surface area (Å²) < 4.78 is 26.7. The number of rotatable bonds is 5. The lowest BCUT2D eigenvalue weighted by molar-refractivity contribution is -0.117. The fourth-order valence-electron chi connectivity index (χ4n) is 1.88. The van der Waals surface area contributed by atoms with Crippen LogP contribution in [-0.2, 0) is 14.8 Å². The molecule has 2 aromatic rings. The standard InChI is InChI=1S/C16H17ClN2O3S/c1-11-8-9-13(10-15(11)17)18-16(20)12(2)19-23(21,22)14-6-4-3-5-7-14/h3-10,12,19H,1-2H3,(H,18,20). The molecule has 1 unspecified atom stereocenters. The molecule has 0 aliphatic carbocycles. The van der Waals surface area contributed by atoms with Crippen LogP contribution in [0.25, 0.3) is 0 Å². The first-order valence-electron chi connectivity index (χ1n) is 6.94. The number of hydrogen-bond acceptors (Lipinski definition) is 3. The summed E-state index contributed by atoms with van der Waals surface area (Å²) in [6.07, 6.45) is 0. The minimum absolute atomic E-state index is 0.109. The van der Waals surface area contributed by atoms with Gasteiger partial charge in [0.25, 0.3) is 0 Å². The second-order valence-corrected chi connectivity index (χ2v) is 7.23. The quantitative estimate of drug-likeness (QED) is 0.868. The van der Waals surface area contributed by atoms with Crippen LogP contribution in [0.2, 0.25) is 5.02 Å². The lowest BCUT2D eigenvalue weighted by Crippen LogP contribution is -2.41. The van der Waals surface area contributed by atoms with Gasteiger partial charge in [-0.3, -0.25) is 4.79 Å². The van der Waals surface area contributed by atoms with Gasteiger partial charge >= 0.3 is 0 Å². The van der Waals surface area contributed by atoms with E-state index in [0.717, 1.165) is 5.56 Å². The molecule has 0 saturated carbocycles. The highest BCUT2D eigenvalue weighted by molar-refractivity contribution is 7.89. The van der Waals surface area contributed by atoms with Crippen LogP contribution >= 0.6 is 11.6 Å². The van der Waals surface area contributed by atoms with Crippen LogP contribution in [0.15, 0.2) is 53.4 Å². The van der Waals surface area contributed by atoms with E-state index in [-0.39, 0.29) is 4.90 Å². The van der Waals surface area contributed by atoms with E-state index in [1.165, 1.54) is 19.1 Å². The van der Waals surface area contributed by atoms with Crippen molar-refractivity contribution in [2.45, 2.75) is 24.8 Å². The van der Waals surface area contributed by atoms with Gasteiger partial charge in [0.2, 0.25) is 15.9 Å². The van der Waals surface area contributed by atoms with Crippen molar-refractivity contribution >= 4 is 33.2 Å². The van der Waals surface area contributed by atoms with Crippen molar-refractivity contribution in [3.8, 4) is 0 Å². The Morgan fingerprint density at radius 3 is 2.39 bits per heavy atom. The van der Waals surface area contributed by atoms with Crippen molar-refractivity contribution in [1.82, 2.24) is 4.72 Å². The molecule has 0 radical (unpaired) electrons. The molecule has 0 fully saturated rings. The Labute approximate surface area is 140 Å². The Morgan fingerprint density at radius 2 is 1.78 bits per heavy atom. The monoisotopic (exact) mass is 352 g/mol. The summed E-state index contributed by atoms with van der Waals surface area (Å²) in [5, 5.41) is 3.16. The Morgan fingerprint density at radius 1 is 1.13 bits per heavy atom. The molecular weight excluding hydrogens is 336 g/mol. The van der Waals surface area contributed by atoms with Crippen molar-refractivity contribution in [1.29, 1.82) is 0 Å². The molecule has 1 atom stereocenters. The second-order valence-electron chi connectivity index (χ2n) is 5.11. The van der Waals surface area contributed by atoms with E-state index < -0.39 is 22.0 Å². The Bertz CT molecular complexity index is 807. The average Bonchev–Trinajstić information content (AvgIpc) is 2.51. The highest BCUT2D eigenvalue weighted by Crippen LogP contribution is 2.20. The van der Waals surface area contributed by atoms with Gasteiger partial charge in [0.1, 0.15) is 0 Å². The summed E-state index contributed by atoms with van der Waals surface area (Å²) in [4.78, 5) is 12.2. The Hall–Kier alpha value is -1.89. The normalized spacial score (nSPS) is 12.7. The minimum atomic E-state index is -3.75. The summed E-state index contributed by atoms with van der Waals surface area (Å²) >= 11 is 6.00. The van der Waals surface area contributed by atoms with Crippen LogP contribution in [0.3, 0.4) is 0 Å². The highest BCUT2D eigenvalue weighted by atomic mass is 35.5. The van der Waals surface area contributed by atoms with Gasteiger partial charge in [-0.25, -0.2) is 8.42 Å². The number of aryl methyl sites for hydroxylation is 1. The van der Waals surface area contributed by atoms with E-state index in [9.17, 15) is 13.2 Å². The largest absolute Gasteiger partial charge is 0.325 e. The zero-order chi connectivity index (χ0) is 17.0. The van der Waals surface area contributed by atoms with E-state index in [0.29, 0.717) is 10.7 Å². The van der Waals surface area contributed by atoms with Gasteiger partial charge in [0.15, 0.2) is 0 Å². The van der Waals surface area contributed by atoms with Crippen molar-refractivity contribution in [3.05, 3.63) is 59.1 Å². The third kappa shape index (κ3) is 4.54. The first-order chi connectivity index (χ1) is 10.8. The van der Waals surface area contributed by atoms with E-state index in [4.69, 9.17) is 11.6 Å². The molecule has 0 aromatic heterocycles. The first kappa shape index (κ1) is 17.5. The van der Waals surface area contributed by atoms with Crippen LogP contribution in [0.5, 0.6) is 0 Å². The molecule has 1 amide bonds. The van der Waals surface area contributed by atoms with Gasteiger partial charge in [0.05, 0.1) is 10.9 Å². The van der Waals surface area contributed by atoms with Crippen LogP contribution in [0.4, 0.5) is 5.69 Å². The molecule has 7 heteroatoms. The molecule has 0 aliphatic heterocycles. The summed E-state index contributed by atoms with van der Waals surface area (Å²) in [5.41, 5.74) is 1.40. The second kappa shape index (κ2) is 7.12. The number of amides is 1. The minimum Gasteiger partial charge on any atom is -0.325 e. The number of carbonyl (C=O) groups is 1. The Kier molecular flexibility index (Phi) is 5.41. The molecule has 0 aliphatic rings. The summed E-state index contributed by atoms with van der Waals surface area (Å²) in [5.74, 6) is -0.468. The molecule has 0 heterocycles. The van der Waals surface area contributed by atoms with E-state index in [2.05, 4.69) is 10.0 Å². The molecule has 23 heavy (non-hydrogen) atoms. The molecule has 2 N–H and O–H groups in total. The van der Waals surface area contributed by atoms with Gasteiger partial charge in [-0.15, -0.1) is 0 Å². The van der Waals surface area contributed by atoms with Crippen LogP contribution in [-0.4, -0.2) is 20.4 Å². The van der Waals surface area contributed by atoms with Gasteiger partial charge in [-0.05, 0) is 43.7 Å². The number of halogens is 1. The summed E-state index contributed by atoms with van der Waals surface area (Å²) in [6, 6.07) is 12.1. The van der Waals surface area contributed by atoms with Gasteiger partial charge in [-0.1, -0.05) is 35.9 Å². The number of anilines is 1. The fraction of sp³-hybridized carbons (Fsp3) is 0.188. The maximum atomic E-state index is 12.2. The molecule has 2 aromatic carbocycles. The molecule has 0 spiro atoms. The predicted octanol–water partition coefficient (Wildman–Crippen LogP) is 2.95. The third-order valence-corrected chi connectivity index (χ3v) is 5.18. The van der Waals surface area contributed by atoms with Crippen LogP contribution in [0.1, 0.15) is 12.5 Å². The number of carbonyl (C=O) groups excluding carboxylic acids is 1. The van der Waals surface area contributed by atoms with Crippen molar-refractivity contribution in [2.75, 3.05) is 5.32 Å². The maximum Gasteiger partial charge on any atom is 0.242 e. The number of benzene rings is 2. The van der Waals surface area contributed by atoms with E-state index in [1.54, 1.807) is 36.4 Å². The van der Waals surface area contributed by atoms with Gasteiger partial charge in [0, 0.05) is 10.7 Å². The molecule has 2 rings (SSSR count). The fourth-order valence-corrected chi connectivity index (χ4v) is 3.28. The lowest BCUT2D eigenvalue weighted by Gasteiger charge is -2.15. The maximum absolute atomic E-state index is 12.2. The van der Waals surface area contributed by atoms with E-state index in [1.807, 2.05) is 6.92 Å². The number of nitrogens with one attached hydrogen (secondary N) is 2. The van der Waals surface area contributed by atoms with Crippen LogP contribution in [0, 0.1) is 6.92 Å². The average molecular weight is 353 g/mol. The SMILES string of the molecule is Cc1ccc(NC(=O)C(C)NS(=O)(=O)c2ccccc2)cc1Cl. The van der Waals surface area contributed by atoms with Crippen LogP contribution < -0.4 is 10.0 Å². The third-order valence-electron chi connectivity index (χ3n) is 3.22. The Balaban J connectivity index is 2.06. The summed E-state index contributed by atoms with van der Waals surface area (Å²) in [7, 11) is -3.75. The molecule has 5 nitrogen and oxygen atoms in total. The highest BCUT2D eigenvalue weighted by Gasteiger charge is 2.21. The molecule has 122 valence electrons. The predicted molar refractivity (Wildman–Crippen MR) is 91.0 cm³/mol. The first-order valence-corrected chi connectivity index (χ1v) is 8.80. The van der Waals surface area contributed by atoms with E-state index >= 15 is 0 Å². The lowest BCUT2D eigenvalue weighted by atomic mass is 10.2. The van der Waals surface area contributed by atoms with Crippen molar-refractivity contribution in [3.63, 3.8) is 0 Å². The zero-order valence-corrected chi connectivity index (χ0v) is 14.3. The topological polar surface area (TPSA) is 75.3 Å². The zero-order valence-electron chi connectivity index (χ0n) is 12.7. The molecule has 0 saturated heterocycles. The smallest absolute Gasteiger partial charge is 0.242 e. The molecular formula is C16H17ClN2O3S. The van der Waals surface area contributed by atoms with Crippen molar-refractivity contribution < 1.29 is 13.2 Å².